The van der Waals surface area contributed by atoms with Crippen LogP contribution in [-0.4, -0.2) is 52.3 Å². The van der Waals surface area contributed by atoms with Gasteiger partial charge >= 0.3 is 17.9 Å². The van der Waals surface area contributed by atoms with Crippen LogP contribution < -0.4 is 0 Å². The predicted molar refractivity (Wildman–Crippen MR) is 108 cm³/mol. The predicted octanol–water partition coefficient (Wildman–Crippen LogP) is 2.64. The smallest absolute Gasteiger partial charge is 0.303 e. The molecule has 2 aromatic rings. The number of nitro groups is 1. The number of esters is 3. The average Bonchev–Trinajstić information content (AvgIpc) is 3.05. The fourth-order valence-electron chi connectivity index (χ4n) is 3.49. The number of carbonyl (C=O) groups excluding carboxylic acids is 3. The Morgan fingerprint density at radius 3 is 2.29 bits per heavy atom. The van der Waals surface area contributed by atoms with Crippen molar-refractivity contribution in [2.45, 2.75) is 45.3 Å². The van der Waals surface area contributed by atoms with Crippen molar-refractivity contribution in [1.29, 1.82) is 0 Å². The molecule has 2 heterocycles. The summed E-state index contributed by atoms with van der Waals surface area (Å²) in [6.45, 7) is 3.38. The Morgan fingerprint density at radius 1 is 1.10 bits per heavy atom. The average molecular weight is 499 g/mol. The minimum Gasteiger partial charge on any atom is -0.456 e. The molecule has 0 amide bonds. The summed E-state index contributed by atoms with van der Waals surface area (Å²) in [6, 6.07) is 4.64. The van der Waals surface area contributed by atoms with E-state index in [1.807, 2.05) is 0 Å². The van der Waals surface area contributed by atoms with E-state index in [-0.39, 0.29) is 12.3 Å². The number of aromatic nitrogens is 1. The Morgan fingerprint density at radius 2 is 1.71 bits per heavy atom. The van der Waals surface area contributed by atoms with Crippen molar-refractivity contribution in [3.05, 3.63) is 39.0 Å². The molecule has 0 N–H and O–H groups in total. The Hall–Kier alpha value is -2.99. The molecule has 166 valence electrons. The maximum atomic E-state index is 11.8. The fraction of sp³-hybridized carbons (Fsp3) is 0.421. The van der Waals surface area contributed by atoms with Gasteiger partial charge in [0, 0.05) is 38.4 Å². The van der Waals surface area contributed by atoms with E-state index >= 15 is 0 Å². The normalized spacial score (nSPS) is 23.2. The van der Waals surface area contributed by atoms with E-state index in [1.54, 1.807) is 22.9 Å². The summed E-state index contributed by atoms with van der Waals surface area (Å²) in [5.74, 6) is -1.97. The zero-order valence-electron chi connectivity index (χ0n) is 16.8. The Bertz CT molecular complexity index is 1050. The maximum Gasteiger partial charge on any atom is 0.303 e. The highest BCUT2D eigenvalue weighted by Gasteiger charge is 2.47. The van der Waals surface area contributed by atoms with E-state index in [0.29, 0.717) is 15.4 Å². The van der Waals surface area contributed by atoms with Crippen molar-refractivity contribution in [2.75, 3.05) is 6.61 Å². The van der Waals surface area contributed by atoms with Gasteiger partial charge in [-0.15, -0.1) is 0 Å². The molecule has 0 saturated carbocycles. The van der Waals surface area contributed by atoms with Crippen molar-refractivity contribution >= 4 is 50.4 Å². The van der Waals surface area contributed by atoms with Gasteiger partial charge in [-0.1, -0.05) is 0 Å². The number of hydrogen-bond acceptors (Lipinski definition) is 9. The standard InChI is InChI=1S/C19H19BrN2O9/c1-9(23)29-16-8-28-19(18(31-11(3)25)17(16)30-10(2)24)21-5-4-12-6-13(20)15(22(26)27)7-14(12)21/h4-7,16-19H,8H2,1-3H3/t16-,17-,18-,19-/m1/s1. The third-order valence-corrected chi connectivity index (χ3v) is 5.22. The van der Waals surface area contributed by atoms with Crippen molar-refractivity contribution in [3.8, 4) is 0 Å². The number of nitrogens with zero attached hydrogens (tertiary/aromatic N) is 2. The van der Waals surface area contributed by atoms with E-state index < -0.39 is 47.4 Å². The monoisotopic (exact) mass is 498 g/mol. The minimum atomic E-state index is -1.18. The molecule has 1 aliphatic rings. The first kappa shape index (κ1) is 22.7. The van der Waals surface area contributed by atoms with Crippen LogP contribution in [-0.2, 0) is 33.3 Å². The number of ether oxygens (including phenoxy) is 4. The molecule has 0 unspecified atom stereocenters. The number of rotatable bonds is 5. The van der Waals surface area contributed by atoms with Crippen LogP contribution in [0.2, 0.25) is 0 Å². The zero-order valence-corrected chi connectivity index (χ0v) is 18.4. The molecule has 31 heavy (non-hydrogen) atoms. The van der Waals surface area contributed by atoms with Gasteiger partial charge in [0.1, 0.15) is 0 Å². The third-order valence-electron chi connectivity index (χ3n) is 4.58. The molecule has 1 fully saturated rings. The topological polar surface area (TPSA) is 136 Å². The number of carbonyl (C=O) groups is 3. The lowest BCUT2D eigenvalue weighted by atomic mass is 10.0. The molecule has 1 aromatic heterocycles. The van der Waals surface area contributed by atoms with Gasteiger partial charge in [-0.2, -0.15) is 0 Å². The van der Waals surface area contributed by atoms with Gasteiger partial charge in [-0.05, 0) is 28.1 Å². The second kappa shape index (κ2) is 9.02. The molecule has 0 bridgehead atoms. The molecule has 0 radical (unpaired) electrons. The Balaban J connectivity index is 2.09. The molecule has 12 heteroatoms. The van der Waals surface area contributed by atoms with Crippen molar-refractivity contribution in [2.24, 2.45) is 0 Å². The number of hydrogen-bond donors (Lipinski definition) is 0. The van der Waals surface area contributed by atoms with Crippen LogP contribution >= 0.6 is 15.9 Å². The van der Waals surface area contributed by atoms with Gasteiger partial charge in [-0.3, -0.25) is 24.5 Å². The molecular weight excluding hydrogens is 480 g/mol. The van der Waals surface area contributed by atoms with Crippen LogP contribution in [0, 0.1) is 10.1 Å². The van der Waals surface area contributed by atoms with E-state index in [2.05, 4.69) is 15.9 Å². The molecule has 1 aromatic carbocycles. The largest absolute Gasteiger partial charge is 0.456 e. The second-order valence-electron chi connectivity index (χ2n) is 6.86. The molecule has 0 aliphatic carbocycles. The Labute approximate surface area is 184 Å². The van der Waals surface area contributed by atoms with Gasteiger partial charge < -0.3 is 23.5 Å². The zero-order chi connectivity index (χ0) is 22.9. The lowest BCUT2D eigenvalue weighted by molar-refractivity contribution is -0.385. The van der Waals surface area contributed by atoms with Crippen molar-refractivity contribution in [1.82, 2.24) is 4.57 Å². The summed E-state index contributed by atoms with van der Waals surface area (Å²) < 4.78 is 23.6. The number of benzene rings is 1. The van der Waals surface area contributed by atoms with Gasteiger partial charge in [0.05, 0.1) is 21.5 Å². The maximum absolute atomic E-state index is 11.8. The summed E-state index contributed by atoms with van der Waals surface area (Å²) in [6.07, 6.45) is -2.73. The van der Waals surface area contributed by atoms with Crippen LogP contribution in [0.4, 0.5) is 5.69 Å². The number of fused-ring (bicyclic) bond motifs is 1. The molecule has 4 atom stereocenters. The molecule has 1 aliphatic heterocycles. The fourth-order valence-corrected chi connectivity index (χ4v) is 3.99. The van der Waals surface area contributed by atoms with Crippen LogP contribution in [0.3, 0.4) is 0 Å². The van der Waals surface area contributed by atoms with Crippen LogP contribution in [0.1, 0.15) is 27.0 Å². The first-order valence-corrected chi connectivity index (χ1v) is 9.95. The van der Waals surface area contributed by atoms with Gasteiger partial charge in [0.15, 0.2) is 24.5 Å². The Kier molecular flexibility index (Phi) is 6.60. The van der Waals surface area contributed by atoms with E-state index in [0.717, 1.165) is 0 Å². The van der Waals surface area contributed by atoms with E-state index in [4.69, 9.17) is 18.9 Å². The summed E-state index contributed by atoms with van der Waals surface area (Å²) >= 11 is 3.18. The lowest BCUT2D eigenvalue weighted by Crippen LogP contribution is -2.55. The highest BCUT2D eigenvalue weighted by molar-refractivity contribution is 9.10. The number of nitro benzene ring substituents is 1. The first-order chi connectivity index (χ1) is 14.6. The molecule has 3 rings (SSSR count). The van der Waals surface area contributed by atoms with Gasteiger partial charge in [-0.25, -0.2) is 0 Å². The summed E-state index contributed by atoms with van der Waals surface area (Å²) in [5, 5.41) is 12.0. The first-order valence-electron chi connectivity index (χ1n) is 9.16. The number of halogens is 1. The highest BCUT2D eigenvalue weighted by atomic mass is 79.9. The molecule has 11 nitrogen and oxygen atoms in total. The van der Waals surface area contributed by atoms with Crippen LogP contribution in [0.25, 0.3) is 10.9 Å². The third kappa shape index (κ3) is 4.85. The summed E-state index contributed by atoms with van der Waals surface area (Å²) in [7, 11) is 0. The lowest BCUT2D eigenvalue weighted by Gasteiger charge is -2.41. The van der Waals surface area contributed by atoms with Gasteiger partial charge in [0.25, 0.3) is 5.69 Å². The summed E-state index contributed by atoms with van der Waals surface area (Å²) in [4.78, 5) is 45.8. The van der Waals surface area contributed by atoms with E-state index in [9.17, 15) is 24.5 Å². The van der Waals surface area contributed by atoms with Gasteiger partial charge in [0.2, 0.25) is 0 Å². The summed E-state index contributed by atoms with van der Waals surface area (Å²) in [5.41, 5.74) is 0.270. The molecule has 0 spiro atoms. The van der Waals surface area contributed by atoms with Crippen LogP contribution in [0.5, 0.6) is 0 Å². The van der Waals surface area contributed by atoms with E-state index in [1.165, 1.54) is 26.8 Å². The quantitative estimate of drug-likeness (QED) is 0.263. The molecule has 1 saturated heterocycles. The minimum absolute atomic E-state index is 0.155. The highest BCUT2D eigenvalue weighted by Crippen LogP contribution is 2.36. The van der Waals surface area contributed by atoms with Crippen molar-refractivity contribution in [3.63, 3.8) is 0 Å². The van der Waals surface area contributed by atoms with Crippen molar-refractivity contribution < 1.29 is 38.3 Å². The molecular formula is C19H19BrN2O9. The second-order valence-corrected chi connectivity index (χ2v) is 7.72. The van der Waals surface area contributed by atoms with Crippen LogP contribution in [0.15, 0.2) is 28.9 Å². The SMILES string of the molecule is CC(=O)O[C@@H]1[C@H](OC(C)=O)[C@H](OC(C)=O)CO[C@H]1n1ccc2cc(Br)c([N+](=O)[O-])cc21.